The van der Waals surface area contributed by atoms with E-state index in [-0.39, 0.29) is 5.75 Å². The van der Waals surface area contributed by atoms with Gasteiger partial charge >= 0.3 is 59.7 Å². The third kappa shape index (κ3) is 4.84. The number of hydrogen-bond donors (Lipinski definition) is 0. The fourth-order valence-electron chi connectivity index (χ4n) is 0.140. The van der Waals surface area contributed by atoms with Crippen molar-refractivity contribution in [3.63, 3.8) is 0 Å². The fourth-order valence-corrected chi connectivity index (χ4v) is 2.18. The van der Waals surface area contributed by atoms with E-state index in [1.165, 1.54) is 6.92 Å². The van der Waals surface area contributed by atoms with Crippen LogP contribution in [0.5, 0.6) is 0 Å². The van der Waals surface area contributed by atoms with Crippen molar-refractivity contribution in [2.45, 2.75) is 6.92 Å². The Morgan fingerprint density at radius 2 is 2.22 bits per heavy atom. The third-order valence-electron chi connectivity index (χ3n) is 0.550. The summed E-state index contributed by atoms with van der Waals surface area (Å²) in [6, 6.07) is 0. The van der Waals surface area contributed by atoms with E-state index >= 15 is 0 Å². The zero-order chi connectivity index (χ0) is 7.33. The Bertz CT molecular complexity index is 154. The Hall–Kier alpha value is 0.359. The minimum absolute atomic E-state index is 0.0885. The first-order valence-electron chi connectivity index (χ1n) is 2.22. The molecule has 9 heavy (non-hydrogen) atoms. The van der Waals surface area contributed by atoms with Crippen molar-refractivity contribution in [3.8, 4) is 0 Å². The van der Waals surface area contributed by atoms with Crippen LogP contribution in [0.25, 0.3) is 0 Å². The van der Waals surface area contributed by atoms with Crippen LogP contribution in [0.2, 0.25) is 0 Å². The van der Waals surface area contributed by atoms with Crippen LogP contribution in [-0.4, -0.2) is 35.0 Å². The molecule has 0 aromatic carbocycles. The molecule has 0 aliphatic carbocycles. The number of hydrogen-bond acceptors (Lipinski definition) is 3. The van der Waals surface area contributed by atoms with Crippen molar-refractivity contribution in [2.75, 3.05) is 11.3 Å². The number of halogens is 1. The molecule has 6 heteroatoms. The summed E-state index contributed by atoms with van der Waals surface area (Å²) in [6.07, 6.45) is 0. The molecule has 0 unspecified atom stereocenters. The molecule has 0 aliphatic rings. The van der Waals surface area contributed by atoms with E-state index in [0.717, 1.165) is 0 Å². The van der Waals surface area contributed by atoms with Crippen molar-refractivity contribution < 1.29 is 16.1 Å². The van der Waals surface area contributed by atoms with Gasteiger partial charge in [0.2, 0.25) is 0 Å². The molecule has 0 amide bonds. The Balaban J connectivity index is 3.61. The maximum absolute atomic E-state index is 11.3. The summed E-state index contributed by atoms with van der Waals surface area (Å²) in [5, 5.41) is 0. The average molecular weight is 221 g/mol. The first-order chi connectivity index (χ1) is 4.12. The van der Waals surface area contributed by atoms with Gasteiger partial charge in [-0.3, -0.25) is 0 Å². The van der Waals surface area contributed by atoms with E-state index in [1.54, 1.807) is 0 Å². The van der Waals surface area contributed by atoms with Crippen molar-refractivity contribution in [3.05, 3.63) is 0 Å². The predicted octanol–water partition coefficient (Wildman–Crippen LogP) is -0.101. The molecule has 0 atom stereocenters. The van der Waals surface area contributed by atoms with Gasteiger partial charge in [0.25, 0.3) is 0 Å². The van der Waals surface area contributed by atoms with Gasteiger partial charge in [0, 0.05) is 0 Å². The van der Waals surface area contributed by atoms with Crippen LogP contribution in [0.3, 0.4) is 0 Å². The molecule has 3 nitrogen and oxygen atoms in total. The summed E-state index contributed by atoms with van der Waals surface area (Å²) in [4.78, 5) is 0. The van der Waals surface area contributed by atoms with Crippen molar-refractivity contribution in [2.24, 2.45) is 0 Å². The first kappa shape index (κ1) is 9.36. The summed E-state index contributed by atoms with van der Waals surface area (Å²) in [5.41, 5.74) is -0.702. The third-order valence-corrected chi connectivity index (χ3v) is 3.66. The fraction of sp³-hybridized carbons (Fsp3) is 1.00. The molecule has 0 rings (SSSR count). The topological polar surface area (TPSA) is 43.4 Å². The molecule has 0 spiro atoms. The van der Waals surface area contributed by atoms with E-state index in [1.807, 2.05) is 0 Å². The normalized spacial score (nSPS) is 11.8. The molecule has 0 N–H and O–H groups in total. The van der Waals surface area contributed by atoms with Gasteiger partial charge in [0.1, 0.15) is 0 Å². The first-order valence-corrected chi connectivity index (χ1v) is 5.71. The Morgan fingerprint density at radius 3 is 2.56 bits per heavy atom. The molecule has 0 saturated carbocycles. The van der Waals surface area contributed by atoms with E-state index < -0.39 is 31.0 Å². The van der Waals surface area contributed by atoms with E-state index in [0.29, 0.717) is 0 Å². The molecule has 0 saturated heterocycles. The molecule has 56 valence electrons. The summed E-state index contributed by atoms with van der Waals surface area (Å²) < 4.78 is 36.3. The van der Waals surface area contributed by atoms with Crippen LogP contribution < -0.4 is 0 Å². The molecule has 0 bridgehead atoms. The zero-order valence-electron chi connectivity index (χ0n) is 4.83. The summed E-state index contributed by atoms with van der Waals surface area (Å²) in [5.74, 6) is -0.0885. The van der Waals surface area contributed by atoms with Crippen molar-refractivity contribution in [1.82, 2.24) is 0 Å². The molecule has 0 aliphatic heterocycles. The SMILES string of the molecule is CCS(=O)(=O)O[Se]CF. The van der Waals surface area contributed by atoms with E-state index in [4.69, 9.17) is 0 Å². The Kier molecular flexibility index (Phi) is 4.39. The van der Waals surface area contributed by atoms with E-state index in [2.05, 4.69) is 3.27 Å². The van der Waals surface area contributed by atoms with E-state index in [9.17, 15) is 12.8 Å². The average Bonchev–Trinajstić information content (AvgIpc) is 1.84. The van der Waals surface area contributed by atoms with Gasteiger partial charge in [-0.2, -0.15) is 0 Å². The van der Waals surface area contributed by atoms with Crippen LogP contribution in [0, 0.1) is 0 Å². The minimum atomic E-state index is -3.39. The second kappa shape index (κ2) is 4.22. The summed E-state index contributed by atoms with van der Waals surface area (Å²) >= 11 is -0.852. The molecule has 0 fully saturated rings. The number of alkyl halides is 1. The number of rotatable bonds is 4. The van der Waals surface area contributed by atoms with Gasteiger partial charge in [-0.25, -0.2) is 0 Å². The van der Waals surface area contributed by atoms with Gasteiger partial charge in [-0.1, -0.05) is 0 Å². The summed E-state index contributed by atoms with van der Waals surface area (Å²) in [6.45, 7) is 1.45. The molecular weight excluding hydrogens is 214 g/mol. The molecule has 0 heterocycles. The van der Waals surface area contributed by atoms with Crippen LogP contribution in [0.4, 0.5) is 4.39 Å². The predicted molar refractivity (Wildman–Crippen MR) is 32.3 cm³/mol. The van der Waals surface area contributed by atoms with Crippen LogP contribution >= 0.6 is 0 Å². The van der Waals surface area contributed by atoms with Crippen LogP contribution in [-0.2, 0) is 13.4 Å². The summed E-state index contributed by atoms with van der Waals surface area (Å²) in [7, 11) is -3.39. The Labute approximate surface area is 60.2 Å². The van der Waals surface area contributed by atoms with Crippen LogP contribution in [0.1, 0.15) is 6.92 Å². The van der Waals surface area contributed by atoms with Gasteiger partial charge in [-0.15, -0.1) is 0 Å². The molecular formula is C3H7FO3SSe. The van der Waals surface area contributed by atoms with Gasteiger partial charge < -0.3 is 0 Å². The van der Waals surface area contributed by atoms with Crippen molar-refractivity contribution in [1.29, 1.82) is 0 Å². The second-order valence-corrected chi connectivity index (χ2v) is 4.78. The monoisotopic (exact) mass is 222 g/mol. The quantitative estimate of drug-likeness (QED) is 0.622. The molecule has 0 radical (unpaired) electrons. The standard InChI is InChI=1S/C3H7FO3SSe/c1-2-8(5,6)7-9-3-4/h2-3H2,1H3. The van der Waals surface area contributed by atoms with Crippen LogP contribution in [0.15, 0.2) is 0 Å². The van der Waals surface area contributed by atoms with Gasteiger partial charge in [0.15, 0.2) is 0 Å². The molecule has 0 aromatic heterocycles. The van der Waals surface area contributed by atoms with Crippen molar-refractivity contribution >= 4 is 25.4 Å². The second-order valence-electron chi connectivity index (χ2n) is 1.14. The van der Waals surface area contributed by atoms with Gasteiger partial charge in [0.05, 0.1) is 0 Å². The maximum atomic E-state index is 11.3. The Morgan fingerprint density at radius 1 is 1.67 bits per heavy atom. The molecule has 0 aromatic rings. The zero-order valence-corrected chi connectivity index (χ0v) is 7.36. The van der Waals surface area contributed by atoms with Gasteiger partial charge in [-0.05, 0) is 0 Å².